The van der Waals surface area contributed by atoms with Crippen LogP contribution in [-0.2, 0) is 9.47 Å². The molecule has 0 aromatic rings. The van der Waals surface area contributed by atoms with Crippen LogP contribution in [-0.4, -0.2) is 28.1 Å². The van der Waals surface area contributed by atoms with Gasteiger partial charge in [-0.25, -0.2) is 0 Å². The molecule has 0 aliphatic rings. The van der Waals surface area contributed by atoms with E-state index in [1.54, 1.807) is 0 Å². The summed E-state index contributed by atoms with van der Waals surface area (Å²) in [5.74, 6) is 0. The van der Waals surface area contributed by atoms with Crippen LogP contribution in [0.3, 0.4) is 0 Å². The summed E-state index contributed by atoms with van der Waals surface area (Å²) in [4.78, 5) is 0. The van der Waals surface area contributed by atoms with E-state index in [0.29, 0.717) is 0 Å². The van der Waals surface area contributed by atoms with Crippen molar-refractivity contribution < 1.29 is 9.47 Å². The van der Waals surface area contributed by atoms with Gasteiger partial charge < -0.3 is 9.47 Å². The molecule has 0 atom stereocenters. The van der Waals surface area contributed by atoms with Gasteiger partial charge in [0.25, 0.3) is 0 Å². The largest absolute Gasteiger partial charge is 0.354 e. The van der Waals surface area contributed by atoms with Crippen molar-refractivity contribution in [1.82, 2.24) is 0 Å². The number of rotatable bonds is 10. The second-order valence-corrected chi connectivity index (χ2v) is 6.30. The average molecular weight is 230 g/mol. The Balaban J connectivity index is 3.88. The van der Waals surface area contributed by atoms with Crippen molar-refractivity contribution in [3.8, 4) is 0 Å². The molecule has 0 fully saturated rings. The Morgan fingerprint density at radius 3 is 1.93 bits per heavy atom. The zero-order chi connectivity index (χ0) is 11.6. The molecule has 0 unspecified atom stereocenters. The molecule has 0 aromatic heterocycles. The van der Waals surface area contributed by atoms with Gasteiger partial charge in [-0.2, -0.15) is 0 Å². The summed E-state index contributed by atoms with van der Waals surface area (Å²) in [6, 6.07) is 0. The van der Waals surface area contributed by atoms with Gasteiger partial charge >= 0.3 is 0 Å². The lowest BCUT2D eigenvalue weighted by atomic mass is 10.3. The van der Waals surface area contributed by atoms with Gasteiger partial charge in [0.05, 0.1) is 0 Å². The van der Waals surface area contributed by atoms with E-state index < -0.39 is 9.52 Å². The molecule has 0 spiro atoms. The van der Waals surface area contributed by atoms with Crippen molar-refractivity contribution in [2.75, 3.05) is 13.2 Å². The third kappa shape index (κ3) is 7.77. The molecule has 3 heteroatoms. The molecule has 90 valence electrons. The van der Waals surface area contributed by atoms with Crippen molar-refractivity contribution in [3.63, 3.8) is 0 Å². The fourth-order valence-corrected chi connectivity index (χ4v) is 2.34. The maximum absolute atomic E-state index is 5.83. The van der Waals surface area contributed by atoms with Crippen molar-refractivity contribution in [1.29, 1.82) is 0 Å². The molecule has 0 aliphatic carbocycles. The summed E-state index contributed by atoms with van der Waals surface area (Å²) < 4.78 is 11.7. The van der Waals surface area contributed by atoms with E-state index in [0.717, 1.165) is 26.1 Å². The molecule has 0 saturated carbocycles. The van der Waals surface area contributed by atoms with Gasteiger partial charge in [-0.05, 0) is 19.8 Å². The van der Waals surface area contributed by atoms with Crippen LogP contribution in [0.1, 0.15) is 46.5 Å². The predicted molar refractivity (Wildman–Crippen MR) is 68.9 cm³/mol. The molecule has 0 amide bonds. The summed E-state index contributed by atoms with van der Waals surface area (Å²) in [7, 11) is -0.497. The summed E-state index contributed by atoms with van der Waals surface area (Å²) in [6.45, 7) is 11.8. The molecule has 15 heavy (non-hydrogen) atoms. The molecule has 0 aliphatic heterocycles. The smallest absolute Gasteiger partial charge is 0.146 e. The Kier molecular flexibility index (Phi) is 9.05. The molecule has 0 N–H and O–H groups in total. The number of ether oxygens (including phenoxy) is 2. The van der Waals surface area contributed by atoms with Crippen LogP contribution in [0, 0.1) is 0 Å². The molecular formula is C12H26O2Si. The minimum absolute atomic E-state index is 0.327. The van der Waals surface area contributed by atoms with Crippen LogP contribution in [0.25, 0.3) is 0 Å². The lowest BCUT2D eigenvalue weighted by Gasteiger charge is -2.29. The Morgan fingerprint density at radius 1 is 1.13 bits per heavy atom. The normalized spacial score (nSPS) is 12.5. The van der Waals surface area contributed by atoms with Gasteiger partial charge in [0.2, 0.25) is 0 Å². The third-order valence-corrected chi connectivity index (χ3v) is 3.76. The van der Waals surface area contributed by atoms with E-state index >= 15 is 0 Å². The fourth-order valence-electron chi connectivity index (χ4n) is 1.29. The van der Waals surface area contributed by atoms with Gasteiger partial charge in [-0.3, -0.25) is 0 Å². The van der Waals surface area contributed by atoms with E-state index in [1.165, 1.54) is 12.8 Å². The Labute approximate surface area is 96.9 Å². The number of hydrogen-bond acceptors (Lipinski definition) is 2. The number of hydrogen-bond donors (Lipinski definition) is 0. The van der Waals surface area contributed by atoms with Crippen molar-refractivity contribution >= 4 is 9.52 Å². The van der Waals surface area contributed by atoms with Crippen molar-refractivity contribution in [2.45, 2.75) is 51.9 Å². The second-order valence-electron chi connectivity index (χ2n) is 4.03. The maximum atomic E-state index is 5.83. The minimum atomic E-state index is -0.497. The molecule has 2 nitrogen and oxygen atoms in total. The first-order chi connectivity index (χ1) is 7.18. The standard InChI is InChI=1S/C12H26O2Si/c1-5-8-10-13-12(4,15-7-3)14-11-9-6-2/h7H,3,5-6,8-11,15H2,1-2,4H3. The molecular weight excluding hydrogens is 204 g/mol. The first kappa shape index (κ1) is 14.9. The first-order valence-corrected chi connectivity index (χ1v) is 7.59. The third-order valence-electron chi connectivity index (χ3n) is 2.33. The number of unbranched alkanes of at least 4 members (excludes halogenated alkanes) is 2. The summed E-state index contributed by atoms with van der Waals surface area (Å²) in [5, 5.41) is 0. The van der Waals surface area contributed by atoms with Gasteiger partial charge in [0.15, 0.2) is 0 Å². The fraction of sp³-hybridized carbons (Fsp3) is 0.833. The highest BCUT2D eigenvalue weighted by atomic mass is 28.2. The monoisotopic (exact) mass is 230 g/mol. The van der Waals surface area contributed by atoms with Gasteiger partial charge in [-0.1, -0.05) is 26.7 Å². The van der Waals surface area contributed by atoms with E-state index in [2.05, 4.69) is 27.4 Å². The van der Waals surface area contributed by atoms with E-state index in [9.17, 15) is 0 Å². The summed E-state index contributed by atoms with van der Waals surface area (Å²) >= 11 is 0. The lowest BCUT2D eigenvalue weighted by molar-refractivity contribution is -0.169. The predicted octanol–water partition coefficient (Wildman–Crippen LogP) is 2.61. The van der Waals surface area contributed by atoms with Crippen LogP contribution in [0.15, 0.2) is 12.3 Å². The zero-order valence-electron chi connectivity index (χ0n) is 10.6. The molecule has 0 rings (SSSR count). The first-order valence-electron chi connectivity index (χ1n) is 6.07. The summed E-state index contributed by atoms with van der Waals surface area (Å²) in [6.07, 6.45) is 4.55. The molecule has 0 aromatic carbocycles. The SMILES string of the molecule is C=C[SiH2]C(C)(OCCCC)OCCCC. The average Bonchev–Trinajstić information content (AvgIpc) is 2.19. The maximum Gasteiger partial charge on any atom is 0.146 e. The van der Waals surface area contributed by atoms with Crippen molar-refractivity contribution in [2.24, 2.45) is 0 Å². The molecule has 0 bridgehead atoms. The van der Waals surface area contributed by atoms with E-state index in [1.807, 2.05) is 5.70 Å². The lowest BCUT2D eigenvalue weighted by Crippen LogP contribution is -2.39. The second kappa shape index (κ2) is 9.13. The molecule has 0 heterocycles. The highest BCUT2D eigenvalue weighted by Crippen LogP contribution is 2.13. The van der Waals surface area contributed by atoms with Crippen LogP contribution < -0.4 is 0 Å². The summed E-state index contributed by atoms with van der Waals surface area (Å²) in [5.41, 5.74) is 1.67. The Bertz CT molecular complexity index is 150. The van der Waals surface area contributed by atoms with Crippen LogP contribution in [0.5, 0.6) is 0 Å². The van der Waals surface area contributed by atoms with Crippen LogP contribution in [0.4, 0.5) is 0 Å². The van der Waals surface area contributed by atoms with Gasteiger partial charge in [0, 0.05) is 13.2 Å². The topological polar surface area (TPSA) is 18.5 Å². The highest BCUT2D eigenvalue weighted by molar-refractivity contribution is 6.44. The van der Waals surface area contributed by atoms with E-state index in [-0.39, 0.29) is 5.41 Å². The quantitative estimate of drug-likeness (QED) is 0.326. The van der Waals surface area contributed by atoms with Crippen molar-refractivity contribution in [3.05, 3.63) is 12.3 Å². The van der Waals surface area contributed by atoms with Crippen LogP contribution in [0.2, 0.25) is 0 Å². The van der Waals surface area contributed by atoms with Gasteiger partial charge in [-0.15, -0.1) is 12.3 Å². The van der Waals surface area contributed by atoms with Gasteiger partial charge in [0.1, 0.15) is 14.9 Å². The molecule has 0 saturated heterocycles. The highest BCUT2D eigenvalue weighted by Gasteiger charge is 2.23. The van der Waals surface area contributed by atoms with E-state index in [4.69, 9.17) is 9.47 Å². The Hall–Kier alpha value is -0.123. The van der Waals surface area contributed by atoms with Crippen LogP contribution >= 0.6 is 0 Å². The zero-order valence-corrected chi connectivity index (χ0v) is 12.0. The minimum Gasteiger partial charge on any atom is -0.354 e. The molecule has 0 radical (unpaired) electrons. The Morgan fingerprint density at radius 2 is 1.60 bits per heavy atom.